The number of nitrogens with one attached hydrogen (secondary N) is 2. The Morgan fingerprint density at radius 1 is 1.53 bits per heavy atom. The van der Waals surface area contributed by atoms with Crippen LogP contribution in [0.15, 0.2) is 0 Å². The van der Waals surface area contributed by atoms with E-state index in [9.17, 15) is 9.90 Å². The summed E-state index contributed by atoms with van der Waals surface area (Å²) in [6.45, 7) is 3.59. The lowest BCUT2D eigenvalue weighted by Gasteiger charge is -2.26. The zero-order valence-corrected chi connectivity index (χ0v) is 10.4. The summed E-state index contributed by atoms with van der Waals surface area (Å²) in [7, 11) is 0. The van der Waals surface area contributed by atoms with Gasteiger partial charge < -0.3 is 20.5 Å². The van der Waals surface area contributed by atoms with Gasteiger partial charge in [-0.25, -0.2) is 0 Å². The normalized spacial score (nSPS) is 32.7. The number of carbonyl (C=O) groups excluding carboxylic acids is 1. The fraction of sp³-hybridized carbons (Fsp3) is 0.917. The van der Waals surface area contributed by atoms with Crippen molar-refractivity contribution in [1.82, 2.24) is 10.6 Å². The van der Waals surface area contributed by atoms with Crippen LogP contribution in [0.3, 0.4) is 0 Å². The van der Waals surface area contributed by atoms with Crippen molar-refractivity contribution in [3.63, 3.8) is 0 Å². The molecule has 1 heterocycles. The predicted molar refractivity (Wildman–Crippen MR) is 63.6 cm³/mol. The summed E-state index contributed by atoms with van der Waals surface area (Å²) in [4.78, 5) is 11.4. The summed E-state index contributed by atoms with van der Waals surface area (Å²) in [6.07, 6.45) is 3.24. The molecule has 17 heavy (non-hydrogen) atoms. The highest BCUT2D eigenvalue weighted by atomic mass is 16.5. The van der Waals surface area contributed by atoms with Crippen LogP contribution in [0.2, 0.25) is 0 Å². The summed E-state index contributed by atoms with van der Waals surface area (Å²) in [5, 5.41) is 16.3. The number of rotatable bonds is 6. The number of aliphatic hydroxyl groups is 1. The first-order valence-electron chi connectivity index (χ1n) is 6.44. The van der Waals surface area contributed by atoms with Crippen LogP contribution < -0.4 is 10.6 Å². The molecule has 2 atom stereocenters. The Kier molecular flexibility index (Phi) is 4.01. The van der Waals surface area contributed by atoms with E-state index in [4.69, 9.17) is 4.74 Å². The third-order valence-corrected chi connectivity index (χ3v) is 3.56. The quantitative estimate of drug-likeness (QED) is 0.563. The molecule has 5 nitrogen and oxygen atoms in total. The second-order valence-electron chi connectivity index (χ2n) is 5.14. The first kappa shape index (κ1) is 12.8. The van der Waals surface area contributed by atoms with Crippen LogP contribution >= 0.6 is 0 Å². The highest BCUT2D eigenvalue weighted by Gasteiger charge is 2.38. The van der Waals surface area contributed by atoms with Crippen LogP contribution in [-0.2, 0) is 9.53 Å². The van der Waals surface area contributed by atoms with Crippen molar-refractivity contribution in [2.24, 2.45) is 0 Å². The van der Waals surface area contributed by atoms with Gasteiger partial charge in [0.1, 0.15) is 5.60 Å². The van der Waals surface area contributed by atoms with Crippen molar-refractivity contribution in [2.75, 3.05) is 19.7 Å². The standard InChI is InChI=1S/C12H22N2O3/c1-9-12(16,5-7-17-9)8-13-6-4-11(15)14-10-2-3-10/h9-10,13,16H,2-8H2,1H3,(H,14,15). The Hall–Kier alpha value is -0.650. The number of carbonyl (C=O) groups is 1. The Balaban J connectivity index is 1.57. The van der Waals surface area contributed by atoms with Crippen LogP contribution in [0.1, 0.15) is 32.6 Å². The van der Waals surface area contributed by atoms with Gasteiger partial charge in [-0.2, -0.15) is 0 Å². The molecule has 0 spiro atoms. The summed E-state index contributed by atoms with van der Waals surface area (Å²) >= 11 is 0. The molecule has 98 valence electrons. The molecule has 0 aromatic rings. The van der Waals surface area contributed by atoms with Crippen LogP contribution in [0.25, 0.3) is 0 Å². The SMILES string of the molecule is CC1OCCC1(O)CNCCC(=O)NC1CC1. The molecule has 1 aliphatic carbocycles. The van der Waals surface area contributed by atoms with Gasteiger partial charge in [0.05, 0.1) is 6.10 Å². The highest BCUT2D eigenvalue weighted by molar-refractivity contribution is 5.76. The Morgan fingerprint density at radius 3 is 2.88 bits per heavy atom. The van der Waals surface area contributed by atoms with Gasteiger partial charge in [0.25, 0.3) is 0 Å². The molecular weight excluding hydrogens is 220 g/mol. The zero-order chi connectivity index (χ0) is 12.3. The second kappa shape index (κ2) is 5.33. The summed E-state index contributed by atoms with van der Waals surface area (Å²) < 4.78 is 5.34. The number of amides is 1. The van der Waals surface area contributed by atoms with E-state index in [1.807, 2.05) is 6.92 Å². The van der Waals surface area contributed by atoms with Crippen LogP contribution in [0, 0.1) is 0 Å². The Labute approximate surface area is 102 Å². The smallest absolute Gasteiger partial charge is 0.221 e. The third-order valence-electron chi connectivity index (χ3n) is 3.56. The van der Waals surface area contributed by atoms with Crippen molar-refractivity contribution < 1.29 is 14.6 Å². The Morgan fingerprint density at radius 2 is 2.29 bits per heavy atom. The summed E-state index contributed by atoms with van der Waals surface area (Å²) in [5.74, 6) is 0.0997. The molecule has 0 radical (unpaired) electrons. The van der Waals surface area contributed by atoms with Gasteiger partial charge in [-0.05, 0) is 19.8 Å². The van der Waals surface area contributed by atoms with E-state index in [2.05, 4.69) is 10.6 Å². The fourth-order valence-electron chi connectivity index (χ4n) is 2.04. The topological polar surface area (TPSA) is 70.6 Å². The predicted octanol–water partition coefficient (Wildman–Crippen LogP) is -0.215. The maximum absolute atomic E-state index is 11.4. The average Bonchev–Trinajstić information content (AvgIpc) is 3.02. The van der Waals surface area contributed by atoms with Crippen molar-refractivity contribution in [3.8, 4) is 0 Å². The molecule has 2 fully saturated rings. The molecule has 1 saturated carbocycles. The molecule has 1 amide bonds. The van der Waals surface area contributed by atoms with E-state index in [1.165, 1.54) is 0 Å². The molecule has 0 bridgehead atoms. The summed E-state index contributed by atoms with van der Waals surface area (Å²) in [6, 6.07) is 0.426. The van der Waals surface area contributed by atoms with E-state index >= 15 is 0 Å². The van der Waals surface area contributed by atoms with E-state index in [0.29, 0.717) is 38.6 Å². The number of hydrogen-bond acceptors (Lipinski definition) is 4. The van der Waals surface area contributed by atoms with Gasteiger partial charge in [0.2, 0.25) is 5.91 Å². The largest absolute Gasteiger partial charge is 0.386 e. The molecule has 1 saturated heterocycles. The van der Waals surface area contributed by atoms with E-state index in [0.717, 1.165) is 12.8 Å². The molecule has 0 aromatic heterocycles. The average molecular weight is 242 g/mol. The lowest BCUT2D eigenvalue weighted by atomic mass is 9.97. The minimum absolute atomic E-state index is 0.0997. The van der Waals surface area contributed by atoms with Crippen molar-refractivity contribution in [3.05, 3.63) is 0 Å². The molecule has 1 aliphatic heterocycles. The van der Waals surface area contributed by atoms with Crippen LogP contribution in [0.5, 0.6) is 0 Å². The molecule has 3 N–H and O–H groups in total. The number of ether oxygens (including phenoxy) is 1. The molecular formula is C12H22N2O3. The van der Waals surface area contributed by atoms with E-state index < -0.39 is 5.60 Å². The maximum Gasteiger partial charge on any atom is 0.221 e. The lowest BCUT2D eigenvalue weighted by Crippen LogP contribution is -2.46. The molecule has 5 heteroatoms. The summed E-state index contributed by atoms with van der Waals surface area (Å²) in [5.41, 5.74) is -0.771. The van der Waals surface area contributed by atoms with Gasteiger partial charge in [-0.15, -0.1) is 0 Å². The molecule has 2 unspecified atom stereocenters. The third kappa shape index (κ3) is 3.66. The van der Waals surface area contributed by atoms with Crippen molar-refractivity contribution in [1.29, 1.82) is 0 Å². The van der Waals surface area contributed by atoms with Gasteiger partial charge in [0.15, 0.2) is 0 Å². The second-order valence-corrected chi connectivity index (χ2v) is 5.14. The lowest BCUT2D eigenvalue weighted by molar-refractivity contribution is -0.121. The van der Waals surface area contributed by atoms with Gasteiger partial charge in [-0.3, -0.25) is 4.79 Å². The fourth-order valence-corrected chi connectivity index (χ4v) is 2.04. The van der Waals surface area contributed by atoms with Crippen molar-refractivity contribution >= 4 is 5.91 Å². The molecule has 2 rings (SSSR count). The first-order chi connectivity index (χ1) is 8.10. The monoisotopic (exact) mass is 242 g/mol. The minimum Gasteiger partial charge on any atom is -0.386 e. The Bertz CT molecular complexity index is 281. The molecule has 0 aromatic carbocycles. The van der Waals surface area contributed by atoms with Gasteiger partial charge >= 0.3 is 0 Å². The van der Waals surface area contributed by atoms with Crippen LogP contribution in [-0.4, -0.2) is 48.5 Å². The van der Waals surface area contributed by atoms with Gasteiger partial charge in [-0.1, -0.05) is 0 Å². The van der Waals surface area contributed by atoms with Crippen LogP contribution in [0.4, 0.5) is 0 Å². The first-order valence-corrected chi connectivity index (χ1v) is 6.44. The minimum atomic E-state index is -0.771. The van der Waals surface area contributed by atoms with Crippen molar-refractivity contribution in [2.45, 2.75) is 50.4 Å². The van der Waals surface area contributed by atoms with E-state index in [1.54, 1.807) is 0 Å². The van der Waals surface area contributed by atoms with E-state index in [-0.39, 0.29) is 12.0 Å². The number of hydrogen-bond donors (Lipinski definition) is 3. The zero-order valence-electron chi connectivity index (χ0n) is 10.4. The maximum atomic E-state index is 11.4. The van der Waals surface area contributed by atoms with Gasteiger partial charge in [0, 0.05) is 38.6 Å². The molecule has 2 aliphatic rings. The highest BCUT2D eigenvalue weighted by Crippen LogP contribution is 2.24.